The summed E-state index contributed by atoms with van der Waals surface area (Å²) >= 11 is 0. The van der Waals surface area contributed by atoms with Crippen molar-refractivity contribution in [1.29, 1.82) is 0 Å². The molecule has 3 fully saturated rings. The second-order valence-electron chi connectivity index (χ2n) is 11.2. The molecule has 5 heteroatoms. The molecule has 4 nitrogen and oxygen atoms in total. The van der Waals surface area contributed by atoms with Crippen LogP contribution in [0.1, 0.15) is 69.0 Å². The molecule has 3 saturated carbocycles. The summed E-state index contributed by atoms with van der Waals surface area (Å²) in [6.45, 7) is 2.12. The monoisotopic (exact) mass is 462 g/mol. The fourth-order valence-corrected chi connectivity index (χ4v) is 7.22. The molecule has 0 aliphatic heterocycles. The van der Waals surface area contributed by atoms with Crippen LogP contribution in [0.4, 0.5) is 4.39 Å². The summed E-state index contributed by atoms with van der Waals surface area (Å²) in [5, 5.41) is 20.2. The SMILES string of the molecule is CC1CC(c2ccc(-c3nc4cc(CC5CCC6C(O)CCC56)[nH]c4cc3F)cc2)CCC1O. The van der Waals surface area contributed by atoms with Gasteiger partial charge >= 0.3 is 0 Å². The fourth-order valence-electron chi connectivity index (χ4n) is 7.22. The van der Waals surface area contributed by atoms with E-state index >= 15 is 4.39 Å². The van der Waals surface area contributed by atoms with Gasteiger partial charge < -0.3 is 15.2 Å². The third kappa shape index (κ3) is 3.97. The smallest absolute Gasteiger partial charge is 0.151 e. The van der Waals surface area contributed by atoms with Crippen LogP contribution in [0.25, 0.3) is 22.3 Å². The molecule has 1 aromatic carbocycles. The lowest BCUT2D eigenvalue weighted by atomic mass is 9.77. The predicted octanol–water partition coefficient (Wildman–Crippen LogP) is 5.97. The summed E-state index contributed by atoms with van der Waals surface area (Å²) in [6, 6.07) is 11.8. The second-order valence-corrected chi connectivity index (χ2v) is 11.2. The first-order valence-electron chi connectivity index (χ1n) is 13.1. The summed E-state index contributed by atoms with van der Waals surface area (Å²) in [5.41, 5.74) is 5.15. The largest absolute Gasteiger partial charge is 0.393 e. The molecule has 6 rings (SSSR count). The molecule has 0 spiro atoms. The molecule has 2 heterocycles. The van der Waals surface area contributed by atoms with Crippen molar-refractivity contribution in [3.05, 3.63) is 53.5 Å². The van der Waals surface area contributed by atoms with Crippen LogP contribution in [0.15, 0.2) is 36.4 Å². The van der Waals surface area contributed by atoms with E-state index in [-0.39, 0.29) is 18.0 Å². The maximum atomic E-state index is 15.1. The fraction of sp³-hybridized carbons (Fsp3) is 0.552. The number of halogens is 1. The van der Waals surface area contributed by atoms with Crippen molar-refractivity contribution < 1.29 is 14.6 Å². The number of aliphatic hydroxyl groups is 2. The summed E-state index contributed by atoms with van der Waals surface area (Å²) in [7, 11) is 0. The van der Waals surface area contributed by atoms with Gasteiger partial charge in [0.05, 0.1) is 23.2 Å². The van der Waals surface area contributed by atoms with Gasteiger partial charge in [-0.15, -0.1) is 0 Å². The average Bonchev–Trinajstić information content (AvgIpc) is 3.52. The van der Waals surface area contributed by atoms with E-state index in [1.807, 2.05) is 12.1 Å². The van der Waals surface area contributed by atoms with E-state index in [9.17, 15) is 10.2 Å². The third-order valence-corrected chi connectivity index (χ3v) is 9.19. The van der Waals surface area contributed by atoms with E-state index in [1.54, 1.807) is 6.07 Å². The Bertz CT molecular complexity index is 1170. The van der Waals surface area contributed by atoms with Crippen LogP contribution in [0.3, 0.4) is 0 Å². The lowest BCUT2D eigenvalue weighted by Gasteiger charge is -2.31. The molecule has 7 atom stereocenters. The minimum Gasteiger partial charge on any atom is -0.393 e. The van der Waals surface area contributed by atoms with Gasteiger partial charge in [-0.05, 0) is 92.6 Å². The molecule has 0 radical (unpaired) electrons. The second kappa shape index (κ2) is 8.76. The normalized spacial score (nSPS) is 33.5. The van der Waals surface area contributed by atoms with Crippen molar-refractivity contribution in [3.8, 4) is 11.3 Å². The first kappa shape index (κ1) is 22.2. The van der Waals surface area contributed by atoms with Gasteiger partial charge in [0.25, 0.3) is 0 Å². The number of aromatic amines is 1. The van der Waals surface area contributed by atoms with Crippen molar-refractivity contribution in [2.24, 2.45) is 23.7 Å². The van der Waals surface area contributed by atoms with E-state index in [2.05, 4.69) is 30.1 Å². The number of hydrogen-bond donors (Lipinski definition) is 3. The molecule has 0 bridgehead atoms. The molecule has 3 aliphatic carbocycles. The van der Waals surface area contributed by atoms with Gasteiger partial charge in [-0.3, -0.25) is 0 Å². The van der Waals surface area contributed by atoms with Crippen LogP contribution >= 0.6 is 0 Å². The number of hydrogen-bond acceptors (Lipinski definition) is 3. The van der Waals surface area contributed by atoms with Crippen LogP contribution in [-0.4, -0.2) is 32.4 Å². The Balaban J connectivity index is 1.21. The van der Waals surface area contributed by atoms with E-state index < -0.39 is 0 Å². The molecule has 0 saturated heterocycles. The number of aliphatic hydroxyl groups excluding tert-OH is 2. The zero-order valence-corrected chi connectivity index (χ0v) is 19.9. The Morgan fingerprint density at radius 1 is 0.941 bits per heavy atom. The summed E-state index contributed by atoms with van der Waals surface area (Å²) in [5.74, 6) is 2.16. The molecule has 3 aromatic rings. The van der Waals surface area contributed by atoms with E-state index in [1.165, 1.54) is 12.0 Å². The summed E-state index contributed by atoms with van der Waals surface area (Å²) in [4.78, 5) is 8.11. The Morgan fingerprint density at radius 3 is 2.50 bits per heavy atom. The molecular weight excluding hydrogens is 427 g/mol. The quantitative estimate of drug-likeness (QED) is 0.447. The van der Waals surface area contributed by atoms with Gasteiger partial charge in [0.1, 0.15) is 5.69 Å². The molecule has 7 unspecified atom stereocenters. The Hall–Kier alpha value is -2.24. The van der Waals surface area contributed by atoms with Gasteiger partial charge in [0.2, 0.25) is 0 Å². The topological polar surface area (TPSA) is 69.1 Å². The number of aromatic nitrogens is 2. The van der Waals surface area contributed by atoms with Crippen LogP contribution in [0.5, 0.6) is 0 Å². The number of fused-ring (bicyclic) bond motifs is 2. The average molecular weight is 463 g/mol. The Labute approximate surface area is 200 Å². The third-order valence-electron chi connectivity index (χ3n) is 9.19. The van der Waals surface area contributed by atoms with Gasteiger partial charge in [-0.2, -0.15) is 0 Å². The van der Waals surface area contributed by atoms with E-state index in [0.717, 1.165) is 67.2 Å². The highest BCUT2D eigenvalue weighted by Crippen LogP contribution is 2.48. The zero-order valence-electron chi connectivity index (χ0n) is 19.9. The van der Waals surface area contributed by atoms with Crippen molar-refractivity contribution >= 4 is 11.0 Å². The molecule has 0 amide bonds. The standard InChI is InChI=1S/C29H35FN2O2/c1-16-12-19(7-10-27(16)33)17-2-4-18(5-3-17)29-24(30)15-26-25(32-29)14-21(31-26)13-20-6-8-23-22(20)9-11-28(23)34/h2-5,14-16,19-20,22-23,27-28,31,33-34H,6-13H2,1H3. The van der Waals surface area contributed by atoms with E-state index in [4.69, 9.17) is 4.98 Å². The number of nitrogens with zero attached hydrogens (tertiary/aromatic N) is 1. The van der Waals surface area contributed by atoms with Gasteiger partial charge in [0, 0.05) is 17.3 Å². The maximum absolute atomic E-state index is 15.1. The summed E-state index contributed by atoms with van der Waals surface area (Å²) in [6.07, 6.45) is 7.85. The minimum atomic E-state index is -0.303. The van der Waals surface area contributed by atoms with Gasteiger partial charge in [0.15, 0.2) is 5.82 Å². The molecule has 2 aromatic heterocycles. The van der Waals surface area contributed by atoms with E-state index in [0.29, 0.717) is 35.3 Å². The van der Waals surface area contributed by atoms with Crippen LogP contribution in [0, 0.1) is 29.5 Å². The summed E-state index contributed by atoms with van der Waals surface area (Å²) < 4.78 is 15.1. The Kier molecular flexibility index (Phi) is 5.73. The molecule has 3 N–H and O–H groups in total. The van der Waals surface area contributed by atoms with Gasteiger partial charge in [-0.1, -0.05) is 31.2 Å². The van der Waals surface area contributed by atoms with Crippen LogP contribution < -0.4 is 0 Å². The number of H-pyrrole nitrogens is 1. The highest BCUT2D eigenvalue weighted by atomic mass is 19.1. The Morgan fingerprint density at radius 2 is 1.71 bits per heavy atom. The predicted molar refractivity (Wildman–Crippen MR) is 132 cm³/mol. The van der Waals surface area contributed by atoms with Gasteiger partial charge in [-0.25, -0.2) is 9.37 Å². The minimum absolute atomic E-state index is 0.115. The first-order chi connectivity index (χ1) is 16.5. The molecule has 3 aliphatic rings. The molecule has 180 valence electrons. The number of pyridine rings is 1. The molecular formula is C29H35FN2O2. The zero-order chi connectivity index (χ0) is 23.4. The van der Waals surface area contributed by atoms with Crippen molar-refractivity contribution in [2.45, 2.75) is 76.4 Å². The maximum Gasteiger partial charge on any atom is 0.151 e. The molecule has 34 heavy (non-hydrogen) atoms. The van der Waals surface area contributed by atoms with Crippen LogP contribution in [-0.2, 0) is 6.42 Å². The van der Waals surface area contributed by atoms with Crippen molar-refractivity contribution in [2.75, 3.05) is 0 Å². The van der Waals surface area contributed by atoms with Crippen molar-refractivity contribution in [3.63, 3.8) is 0 Å². The highest BCUT2D eigenvalue weighted by Gasteiger charge is 2.44. The van der Waals surface area contributed by atoms with Crippen molar-refractivity contribution in [1.82, 2.24) is 9.97 Å². The number of nitrogens with one attached hydrogen (secondary N) is 1. The lowest BCUT2D eigenvalue weighted by molar-refractivity contribution is 0.0712. The van der Waals surface area contributed by atoms with Crippen LogP contribution in [0.2, 0.25) is 0 Å². The number of rotatable bonds is 4. The lowest BCUT2D eigenvalue weighted by Crippen LogP contribution is -2.25. The first-order valence-corrected chi connectivity index (χ1v) is 13.1. The highest BCUT2D eigenvalue weighted by molar-refractivity contribution is 5.80. The number of benzene rings is 1.